The molecule has 0 atom stereocenters. The minimum Gasteiger partial charge on any atom is -0.463 e. The lowest BCUT2D eigenvalue weighted by Gasteiger charge is -2.09. The standard InChI is InChI=1S/C34H59NO14/c1-2-6-33(36)48-30-29-47-28-27-46-26-25-45-24-23-44-22-21-43-20-19-42-18-17-41-16-15-40-14-13-39-12-11-38-10-9-35-34(37)49-31-32-7-4-3-5-8-32/h3-5,7-8H,2,6,9-31H2,1H3,(H,35,37). The van der Waals surface area contributed by atoms with Crippen molar-refractivity contribution in [1.82, 2.24) is 5.32 Å². The molecule has 0 aromatic heterocycles. The van der Waals surface area contributed by atoms with Gasteiger partial charge in [-0.3, -0.25) is 4.79 Å². The molecule has 1 aromatic carbocycles. The Labute approximate surface area is 291 Å². The van der Waals surface area contributed by atoms with Gasteiger partial charge in [0.25, 0.3) is 0 Å². The maximum absolute atomic E-state index is 11.6. The highest BCUT2D eigenvalue weighted by Gasteiger charge is 2.02. The molecule has 49 heavy (non-hydrogen) atoms. The Balaban J connectivity index is 1.64. The van der Waals surface area contributed by atoms with E-state index in [-0.39, 0.29) is 19.2 Å². The van der Waals surface area contributed by atoms with Crippen LogP contribution in [-0.4, -0.2) is 157 Å². The fraction of sp³-hybridized carbons (Fsp3) is 0.765. The van der Waals surface area contributed by atoms with E-state index in [9.17, 15) is 9.59 Å². The number of amides is 1. The molecule has 1 amide bonds. The van der Waals surface area contributed by atoms with Gasteiger partial charge in [0.2, 0.25) is 0 Å². The summed E-state index contributed by atoms with van der Waals surface area (Å²) < 4.78 is 64.5. The first-order valence-corrected chi connectivity index (χ1v) is 17.1. The molecule has 0 aliphatic rings. The first-order valence-electron chi connectivity index (χ1n) is 17.1. The van der Waals surface area contributed by atoms with Gasteiger partial charge < -0.3 is 62.2 Å². The van der Waals surface area contributed by atoms with Crippen LogP contribution < -0.4 is 5.32 Å². The molecular weight excluding hydrogens is 646 g/mol. The molecule has 15 nitrogen and oxygen atoms in total. The second kappa shape index (κ2) is 36.8. The molecule has 0 saturated heterocycles. The van der Waals surface area contributed by atoms with E-state index in [0.29, 0.717) is 145 Å². The number of ether oxygens (including phenoxy) is 12. The Hall–Kier alpha value is -2.44. The predicted octanol–water partition coefficient (Wildman–Crippen LogP) is 2.42. The Bertz CT molecular complexity index is 851. The van der Waals surface area contributed by atoms with Crippen LogP contribution in [-0.2, 0) is 68.2 Å². The molecule has 0 aliphatic heterocycles. The molecule has 0 unspecified atom stereocenters. The Kier molecular flexibility index (Phi) is 33.5. The third-order valence-electron chi connectivity index (χ3n) is 6.02. The van der Waals surface area contributed by atoms with E-state index in [1.165, 1.54) is 0 Å². The van der Waals surface area contributed by atoms with E-state index in [1.54, 1.807) is 0 Å². The van der Waals surface area contributed by atoms with E-state index < -0.39 is 6.09 Å². The number of rotatable bonds is 37. The summed E-state index contributed by atoms with van der Waals surface area (Å²) in [5.41, 5.74) is 0.935. The van der Waals surface area contributed by atoms with Gasteiger partial charge in [0.05, 0.1) is 132 Å². The molecule has 0 bridgehead atoms. The predicted molar refractivity (Wildman–Crippen MR) is 179 cm³/mol. The minimum absolute atomic E-state index is 0.192. The molecule has 1 rings (SSSR count). The number of hydrogen-bond acceptors (Lipinski definition) is 14. The van der Waals surface area contributed by atoms with Crippen LogP contribution in [0, 0.1) is 0 Å². The SMILES string of the molecule is CCCC(=O)OCCOCCOCCOCCOCCOCCOCCOCCOCCOCCOCCNC(=O)OCc1ccccc1. The third kappa shape index (κ3) is 33.8. The molecule has 0 saturated carbocycles. The van der Waals surface area contributed by atoms with Crippen molar-refractivity contribution in [2.24, 2.45) is 0 Å². The van der Waals surface area contributed by atoms with Gasteiger partial charge in [-0.1, -0.05) is 37.3 Å². The topological polar surface area (TPSA) is 157 Å². The normalized spacial score (nSPS) is 11.1. The maximum atomic E-state index is 11.6. The van der Waals surface area contributed by atoms with Gasteiger partial charge in [-0.25, -0.2) is 4.79 Å². The first kappa shape index (κ1) is 44.6. The monoisotopic (exact) mass is 705 g/mol. The van der Waals surface area contributed by atoms with Crippen LogP contribution in [0.25, 0.3) is 0 Å². The Morgan fingerprint density at radius 3 is 1.18 bits per heavy atom. The molecule has 284 valence electrons. The van der Waals surface area contributed by atoms with Gasteiger partial charge in [0.1, 0.15) is 13.2 Å². The highest BCUT2D eigenvalue weighted by Crippen LogP contribution is 2.00. The summed E-state index contributed by atoms with van der Waals surface area (Å²) in [5.74, 6) is -0.192. The summed E-state index contributed by atoms with van der Waals surface area (Å²) in [4.78, 5) is 22.8. The number of hydrogen-bond donors (Lipinski definition) is 1. The summed E-state index contributed by atoms with van der Waals surface area (Å²) in [7, 11) is 0. The molecule has 1 aromatic rings. The average Bonchev–Trinajstić information content (AvgIpc) is 3.11. The summed E-state index contributed by atoms with van der Waals surface area (Å²) in [5, 5.41) is 2.64. The van der Waals surface area contributed by atoms with Crippen molar-refractivity contribution in [2.75, 3.05) is 145 Å². The second-order valence-electron chi connectivity index (χ2n) is 10.1. The van der Waals surface area contributed by atoms with Crippen LogP contribution in [0.4, 0.5) is 4.79 Å². The van der Waals surface area contributed by atoms with Gasteiger partial charge in [-0.15, -0.1) is 0 Å². The van der Waals surface area contributed by atoms with Gasteiger partial charge in [0.15, 0.2) is 0 Å². The zero-order chi connectivity index (χ0) is 35.1. The molecule has 0 aliphatic carbocycles. The molecule has 0 spiro atoms. The van der Waals surface area contributed by atoms with Crippen LogP contribution in [0.15, 0.2) is 30.3 Å². The van der Waals surface area contributed by atoms with Gasteiger partial charge >= 0.3 is 12.1 Å². The first-order chi connectivity index (χ1) is 24.2. The zero-order valence-electron chi connectivity index (χ0n) is 29.3. The van der Waals surface area contributed by atoms with Crippen LogP contribution >= 0.6 is 0 Å². The Morgan fingerprint density at radius 1 is 0.469 bits per heavy atom. The number of carbonyl (C=O) groups excluding carboxylic acids is 2. The number of nitrogens with one attached hydrogen (secondary N) is 1. The van der Waals surface area contributed by atoms with Gasteiger partial charge in [-0.05, 0) is 12.0 Å². The summed E-state index contributed by atoms with van der Waals surface area (Å²) >= 11 is 0. The summed E-state index contributed by atoms with van der Waals surface area (Å²) in [6, 6.07) is 9.50. The minimum atomic E-state index is -0.472. The van der Waals surface area contributed by atoms with Crippen molar-refractivity contribution >= 4 is 12.1 Å². The fourth-order valence-corrected chi connectivity index (χ4v) is 3.57. The lowest BCUT2D eigenvalue weighted by Crippen LogP contribution is -2.28. The zero-order valence-corrected chi connectivity index (χ0v) is 29.3. The van der Waals surface area contributed by atoms with Crippen molar-refractivity contribution in [2.45, 2.75) is 26.4 Å². The highest BCUT2D eigenvalue weighted by molar-refractivity contribution is 5.69. The van der Waals surface area contributed by atoms with Crippen LogP contribution in [0.1, 0.15) is 25.3 Å². The average molecular weight is 706 g/mol. The fourth-order valence-electron chi connectivity index (χ4n) is 3.57. The quantitative estimate of drug-likeness (QED) is 0.0795. The number of esters is 1. The van der Waals surface area contributed by atoms with Crippen LogP contribution in [0.2, 0.25) is 0 Å². The van der Waals surface area contributed by atoms with Gasteiger partial charge in [-0.2, -0.15) is 0 Å². The summed E-state index contributed by atoms with van der Waals surface area (Å²) in [6.07, 6.45) is 0.746. The number of carbonyl (C=O) groups is 2. The van der Waals surface area contributed by atoms with E-state index in [4.69, 9.17) is 56.8 Å². The van der Waals surface area contributed by atoms with Crippen molar-refractivity contribution in [3.05, 3.63) is 35.9 Å². The van der Waals surface area contributed by atoms with Gasteiger partial charge in [0, 0.05) is 13.0 Å². The maximum Gasteiger partial charge on any atom is 0.407 e. The van der Waals surface area contributed by atoms with E-state index in [2.05, 4.69) is 5.32 Å². The largest absolute Gasteiger partial charge is 0.463 e. The lowest BCUT2D eigenvalue weighted by atomic mass is 10.2. The summed E-state index contributed by atoms with van der Waals surface area (Å²) in [6.45, 7) is 12.0. The van der Waals surface area contributed by atoms with E-state index >= 15 is 0 Å². The highest BCUT2D eigenvalue weighted by atomic mass is 16.6. The molecule has 0 radical (unpaired) electrons. The van der Waals surface area contributed by atoms with E-state index in [0.717, 1.165) is 12.0 Å². The molecule has 1 N–H and O–H groups in total. The van der Waals surface area contributed by atoms with Crippen LogP contribution in [0.3, 0.4) is 0 Å². The third-order valence-corrected chi connectivity index (χ3v) is 6.02. The number of benzene rings is 1. The number of alkyl carbamates (subject to hydrolysis) is 1. The van der Waals surface area contributed by atoms with E-state index in [1.807, 2.05) is 37.3 Å². The Morgan fingerprint density at radius 2 is 0.816 bits per heavy atom. The van der Waals surface area contributed by atoms with Crippen molar-refractivity contribution < 1.29 is 66.4 Å². The lowest BCUT2D eigenvalue weighted by molar-refractivity contribution is -0.145. The molecule has 0 heterocycles. The van der Waals surface area contributed by atoms with Crippen molar-refractivity contribution in [1.29, 1.82) is 0 Å². The second-order valence-corrected chi connectivity index (χ2v) is 10.1. The smallest absolute Gasteiger partial charge is 0.407 e. The van der Waals surface area contributed by atoms with Crippen molar-refractivity contribution in [3.8, 4) is 0 Å². The van der Waals surface area contributed by atoms with Crippen molar-refractivity contribution in [3.63, 3.8) is 0 Å². The molecule has 0 fully saturated rings. The molecular formula is C34H59NO14. The molecule has 15 heteroatoms. The van der Waals surface area contributed by atoms with Crippen LogP contribution in [0.5, 0.6) is 0 Å².